The molecule has 8 aliphatic rings. The Labute approximate surface area is 719 Å². The van der Waals surface area contributed by atoms with Crippen LogP contribution in [0.5, 0.6) is 36.1 Å². The number of anilines is 3. The van der Waals surface area contributed by atoms with Gasteiger partial charge in [0.1, 0.15) is 36.6 Å². The van der Waals surface area contributed by atoms with Gasteiger partial charge >= 0.3 is 36.1 Å². The fourth-order valence-electron chi connectivity index (χ4n) is 24.5. The molecular weight excluding hydrogens is 1490 g/mol. The molecule has 0 saturated carbocycles. The van der Waals surface area contributed by atoms with E-state index in [1.54, 1.807) is 0 Å². The van der Waals surface area contributed by atoms with E-state index in [1.807, 2.05) is 0 Å². The van der Waals surface area contributed by atoms with Crippen molar-refractivity contribution in [2.24, 2.45) is 0 Å². The highest BCUT2D eigenvalue weighted by atomic mass is 16.5. The molecule has 26 nitrogen and oxygen atoms in total. The highest BCUT2D eigenvalue weighted by Gasteiger charge is 2.49. The van der Waals surface area contributed by atoms with Crippen molar-refractivity contribution >= 4 is 17.8 Å². The smallest absolute Gasteiger partial charge is 0.324 e. The van der Waals surface area contributed by atoms with Crippen LogP contribution >= 0.6 is 0 Å². The SMILES string of the molecule is CC1(C)CC(Oc2nc(OC3CC(C)(C)NC(C)(C)C3)nc(N(CCCCCCN(c3nc(OC4CC(C)(C)NC(C)(C)C4)nc(OC4CC(C)(C)NC(C)(C)C4)n3)C3CC(C)(C)NC(C)(C)C3)CCCCCCN(c3nc(OC4CC(C)(C)NC(C)(C)C4)nc(OC4CC(C)(C)NC(C)(C)C4)n3)C3CC(C)(C)NC(C)(C)C3)n2)CC(C)(C)N1. The average Bonchev–Trinajstić information content (AvgIpc) is 0.769. The lowest BCUT2D eigenvalue weighted by atomic mass is 9.79. The predicted molar refractivity (Wildman–Crippen MR) is 482 cm³/mol. The van der Waals surface area contributed by atoms with E-state index in [-0.39, 0.29) is 137 Å². The highest BCUT2D eigenvalue weighted by molar-refractivity contribution is 5.38. The second-order valence-electron chi connectivity index (χ2n) is 49.0. The minimum Gasteiger partial charge on any atom is -0.460 e. The van der Waals surface area contributed by atoms with E-state index >= 15 is 0 Å². The van der Waals surface area contributed by atoms with Gasteiger partial charge in [-0.2, -0.15) is 29.9 Å². The fraction of sp³-hybridized carbons (Fsp3) is 0.903. The lowest BCUT2D eigenvalue weighted by Crippen LogP contribution is -2.62. The molecule has 8 saturated heterocycles. The van der Waals surface area contributed by atoms with Gasteiger partial charge in [0.15, 0.2) is 0 Å². The Balaban J connectivity index is 0.878. The number of hydrogen-bond donors (Lipinski definition) is 8. The quantitative estimate of drug-likeness (QED) is 0.0278. The van der Waals surface area contributed by atoms with Gasteiger partial charge in [0, 0.05) is 204 Å². The van der Waals surface area contributed by atoms with Crippen LogP contribution < -0.4 is 85.7 Å². The van der Waals surface area contributed by atoms with Gasteiger partial charge in [0.2, 0.25) is 17.8 Å². The molecule has 0 bridgehead atoms. The fourth-order valence-corrected chi connectivity index (χ4v) is 24.5. The Morgan fingerprint density at radius 1 is 0.202 bits per heavy atom. The van der Waals surface area contributed by atoms with Crippen molar-refractivity contribution in [3.05, 3.63) is 0 Å². The zero-order chi connectivity index (χ0) is 87.6. The van der Waals surface area contributed by atoms with Gasteiger partial charge in [-0.25, -0.2) is 0 Å². The van der Waals surface area contributed by atoms with E-state index in [9.17, 15) is 0 Å². The van der Waals surface area contributed by atoms with E-state index in [4.69, 9.17) is 73.3 Å². The van der Waals surface area contributed by atoms with E-state index < -0.39 is 0 Å². The van der Waals surface area contributed by atoms with E-state index in [0.717, 1.165) is 180 Å². The first kappa shape index (κ1) is 94.6. The molecule has 0 aliphatic carbocycles. The standard InChI is InChI=1S/C93H168N20O6/c1-78(2)45-61(46-79(3,4)103-78)112(70-96-74(116-65-53-86(17,18)107-87(19,20)54-65)101-75(97-70)117-66-55-88(21,22)108-89(23,24)56-66)43-39-35-33-37-41-111(69-94-72(114-63-49-82(9,10)105-83(11,12)50-63)100-73(95-69)115-64-51-84(13,14)106-85(15,16)52-64)42-38-34-36-40-44-113(62-47-80(5,6)104-81(7,8)48-62)71-98-76(118-67-57-90(25,26)109-91(27,28)58-67)102-77(99-71)119-68-59-92(29,30)110-93(31,32)60-68/h61-68,103-110H,33-60H2,1-32H3. The van der Waals surface area contributed by atoms with Crippen LogP contribution in [0.25, 0.3) is 0 Å². The monoisotopic (exact) mass is 1660 g/mol. The Morgan fingerprint density at radius 3 is 0.529 bits per heavy atom. The molecule has 0 spiro atoms. The second kappa shape index (κ2) is 34.7. The molecule has 676 valence electrons. The summed E-state index contributed by atoms with van der Waals surface area (Å²) in [6.07, 6.45) is 20.2. The topological polar surface area (TPSA) is 277 Å². The first-order chi connectivity index (χ1) is 54.4. The van der Waals surface area contributed by atoms with Gasteiger partial charge in [-0.3, -0.25) is 0 Å². The van der Waals surface area contributed by atoms with Crippen LogP contribution in [0.4, 0.5) is 17.8 Å². The summed E-state index contributed by atoms with van der Waals surface area (Å²) in [5.74, 6) is 1.83. The van der Waals surface area contributed by atoms with Crippen LogP contribution in [0, 0.1) is 0 Å². The van der Waals surface area contributed by atoms with Crippen LogP contribution in [0.3, 0.4) is 0 Å². The predicted octanol–water partition coefficient (Wildman–Crippen LogP) is 15.9. The molecule has 0 aromatic carbocycles. The van der Waals surface area contributed by atoms with E-state index in [0.29, 0.717) is 53.9 Å². The van der Waals surface area contributed by atoms with Crippen molar-refractivity contribution in [1.29, 1.82) is 0 Å². The third kappa shape index (κ3) is 28.5. The molecule has 3 aromatic rings. The normalized spacial score (nSPS) is 26.2. The molecule has 3 aromatic heterocycles. The molecular formula is C93H168N20O6. The average molecular weight is 1660 g/mol. The van der Waals surface area contributed by atoms with Crippen molar-refractivity contribution in [3.8, 4) is 36.1 Å². The second-order valence-corrected chi connectivity index (χ2v) is 49.0. The number of nitrogens with zero attached hydrogens (tertiary/aromatic N) is 12. The van der Waals surface area contributed by atoms with Crippen molar-refractivity contribution in [2.45, 2.75) is 513 Å². The zero-order valence-corrected chi connectivity index (χ0v) is 80.7. The number of ether oxygens (including phenoxy) is 6. The first-order valence-electron chi connectivity index (χ1n) is 46.3. The Kier molecular flexibility index (Phi) is 27.6. The molecule has 8 aliphatic heterocycles. The minimum atomic E-state index is -0.163. The van der Waals surface area contributed by atoms with Crippen LogP contribution in [-0.4, -0.2) is 208 Å². The summed E-state index contributed by atoms with van der Waals surface area (Å²) >= 11 is 0. The van der Waals surface area contributed by atoms with Crippen molar-refractivity contribution in [2.75, 3.05) is 40.9 Å². The summed E-state index contributed by atoms with van der Waals surface area (Å²) in [6, 6.07) is 2.19. The number of unbranched alkanes of at least 4 members (excludes halogenated alkanes) is 6. The summed E-state index contributed by atoms with van der Waals surface area (Å²) in [6.45, 7) is 75.8. The summed E-state index contributed by atoms with van der Waals surface area (Å²) in [5.41, 5.74) is -2.40. The number of hydrogen-bond acceptors (Lipinski definition) is 26. The number of aromatic nitrogens is 9. The summed E-state index contributed by atoms with van der Waals surface area (Å²) in [4.78, 5) is 54.8. The van der Waals surface area contributed by atoms with Crippen LogP contribution in [-0.2, 0) is 0 Å². The maximum Gasteiger partial charge on any atom is 0.324 e. The molecule has 26 heteroatoms. The summed E-state index contributed by atoms with van der Waals surface area (Å²) in [7, 11) is 0. The molecule has 0 atom stereocenters. The summed E-state index contributed by atoms with van der Waals surface area (Å²) < 4.78 is 42.2. The zero-order valence-electron chi connectivity index (χ0n) is 80.7. The highest BCUT2D eigenvalue weighted by Crippen LogP contribution is 2.43. The Morgan fingerprint density at radius 2 is 0.353 bits per heavy atom. The number of piperidine rings is 8. The van der Waals surface area contributed by atoms with Crippen molar-refractivity contribution < 1.29 is 28.4 Å². The van der Waals surface area contributed by atoms with Crippen molar-refractivity contribution in [3.63, 3.8) is 0 Å². The van der Waals surface area contributed by atoms with Crippen LogP contribution in [0.15, 0.2) is 0 Å². The van der Waals surface area contributed by atoms with Gasteiger partial charge in [0.25, 0.3) is 0 Å². The van der Waals surface area contributed by atoms with Gasteiger partial charge < -0.3 is 85.7 Å². The molecule has 11 heterocycles. The van der Waals surface area contributed by atoms with Gasteiger partial charge in [0.05, 0.1) is 0 Å². The molecule has 0 amide bonds. The lowest BCUT2D eigenvalue weighted by Gasteiger charge is -2.49. The van der Waals surface area contributed by atoms with Crippen LogP contribution in [0.1, 0.15) is 376 Å². The number of rotatable bonds is 31. The van der Waals surface area contributed by atoms with Gasteiger partial charge in [-0.05, 0) is 273 Å². The Hall–Kier alpha value is -5.09. The van der Waals surface area contributed by atoms with Gasteiger partial charge in [-0.1, -0.05) is 25.7 Å². The molecule has 11 rings (SSSR count). The summed E-state index contributed by atoms with van der Waals surface area (Å²) in [5, 5.41) is 31.1. The van der Waals surface area contributed by atoms with Crippen molar-refractivity contribution in [1.82, 2.24) is 87.4 Å². The third-order valence-corrected chi connectivity index (χ3v) is 25.5. The van der Waals surface area contributed by atoms with E-state index in [1.165, 1.54) is 0 Å². The number of nitrogens with one attached hydrogen (secondary N) is 8. The van der Waals surface area contributed by atoms with Gasteiger partial charge in [-0.15, -0.1) is 15.0 Å². The Bertz CT molecular complexity index is 3400. The lowest BCUT2D eigenvalue weighted by molar-refractivity contribution is 0.0400. The maximum absolute atomic E-state index is 7.05. The third-order valence-electron chi connectivity index (χ3n) is 25.5. The first-order valence-corrected chi connectivity index (χ1v) is 46.3. The van der Waals surface area contributed by atoms with E-state index in [2.05, 4.69) is 279 Å². The molecule has 0 radical (unpaired) electrons. The molecule has 119 heavy (non-hydrogen) atoms. The molecule has 8 N–H and O–H groups in total. The minimum absolute atomic E-state index is 0.109. The largest absolute Gasteiger partial charge is 0.460 e. The molecule has 8 fully saturated rings. The van der Waals surface area contributed by atoms with Crippen LogP contribution in [0.2, 0.25) is 0 Å². The maximum atomic E-state index is 7.05. The molecule has 0 unspecified atom stereocenters.